The van der Waals surface area contributed by atoms with E-state index in [9.17, 15) is 0 Å². The van der Waals surface area contributed by atoms with E-state index in [0.29, 0.717) is 0 Å². The number of nitrogens with one attached hydrogen (secondary N) is 1. The highest BCUT2D eigenvalue weighted by Gasteiger charge is 2.03. The summed E-state index contributed by atoms with van der Waals surface area (Å²) in [6, 6.07) is 6.43. The third-order valence-corrected chi connectivity index (χ3v) is 3.69. The number of halogens is 1. The molecular weight excluding hydrogens is 286 g/mol. The lowest BCUT2D eigenvalue weighted by Crippen LogP contribution is -2.12. The number of hydrogen-bond acceptors (Lipinski definition) is 3. The van der Waals surface area contributed by atoms with Gasteiger partial charge in [-0.1, -0.05) is 28.9 Å². The lowest BCUT2D eigenvalue weighted by atomic mass is 10.2. The molecular formula is C12H18BrNOS. The summed E-state index contributed by atoms with van der Waals surface area (Å²) in [5.41, 5.74) is 1.35. The average molecular weight is 304 g/mol. The van der Waals surface area contributed by atoms with E-state index in [1.165, 1.54) is 10.5 Å². The molecule has 0 saturated carbocycles. The molecule has 0 amide bonds. The van der Waals surface area contributed by atoms with E-state index in [-0.39, 0.29) is 0 Å². The molecule has 1 aromatic carbocycles. The minimum Gasteiger partial charge on any atom is -0.384 e. The van der Waals surface area contributed by atoms with Gasteiger partial charge in [-0.05, 0) is 24.2 Å². The fourth-order valence-corrected chi connectivity index (χ4v) is 2.82. The maximum absolute atomic E-state index is 5.07. The predicted octanol–water partition coefficient (Wildman–Crippen LogP) is 3.30. The van der Waals surface area contributed by atoms with Crippen LogP contribution in [0.25, 0.3) is 0 Å². The minimum absolute atomic E-state index is 0.790. The van der Waals surface area contributed by atoms with E-state index in [1.54, 1.807) is 7.11 Å². The summed E-state index contributed by atoms with van der Waals surface area (Å²) in [6.45, 7) is 4.84. The normalized spacial score (nSPS) is 10.7. The Morgan fingerprint density at radius 3 is 2.94 bits per heavy atom. The van der Waals surface area contributed by atoms with Crippen LogP contribution in [0.4, 0.5) is 0 Å². The number of rotatable bonds is 7. The third-order valence-electron chi connectivity index (χ3n) is 2.14. The molecule has 2 nitrogen and oxygen atoms in total. The largest absolute Gasteiger partial charge is 0.384 e. The number of benzene rings is 1. The Morgan fingerprint density at radius 2 is 2.25 bits per heavy atom. The predicted molar refractivity (Wildman–Crippen MR) is 74.1 cm³/mol. The van der Waals surface area contributed by atoms with Gasteiger partial charge in [-0.25, -0.2) is 0 Å². The second kappa shape index (κ2) is 8.12. The van der Waals surface area contributed by atoms with Gasteiger partial charge < -0.3 is 10.1 Å². The SMILES string of the molecule is CCNCc1ccc(Br)cc1SCCOC. The summed E-state index contributed by atoms with van der Waals surface area (Å²) in [7, 11) is 1.74. The molecule has 0 fully saturated rings. The molecule has 4 heteroatoms. The van der Waals surface area contributed by atoms with E-state index in [4.69, 9.17) is 4.74 Å². The van der Waals surface area contributed by atoms with Gasteiger partial charge in [-0.15, -0.1) is 11.8 Å². The van der Waals surface area contributed by atoms with Crippen molar-refractivity contribution in [3.05, 3.63) is 28.2 Å². The molecule has 90 valence electrons. The van der Waals surface area contributed by atoms with Crippen LogP contribution in [0, 0.1) is 0 Å². The van der Waals surface area contributed by atoms with Gasteiger partial charge in [0.25, 0.3) is 0 Å². The highest BCUT2D eigenvalue weighted by atomic mass is 79.9. The maximum Gasteiger partial charge on any atom is 0.0556 e. The highest BCUT2D eigenvalue weighted by Crippen LogP contribution is 2.26. The van der Waals surface area contributed by atoms with Gasteiger partial charge in [0.1, 0.15) is 0 Å². The Hall–Kier alpha value is -0.0300. The molecule has 0 saturated heterocycles. The lowest BCUT2D eigenvalue weighted by Gasteiger charge is -2.10. The van der Waals surface area contributed by atoms with Crippen LogP contribution in [0.1, 0.15) is 12.5 Å². The van der Waals surface area contributed by atoms with Crippen molar-refractivity contribution < 1.29 is 4.74 Å². The van der Waals surface area contributed by atoms with Crippen molar-refractivity contribution in [3.8, 4) is 0 Å². The van der Waals surface area contributed by atoms with Gasteiger partial charge in [0.15, 0.2) is 0 Å². The van der Waals surface area contributed by atoms with E-state index >= 15 is 0 Å². The molecule has 1 rings (SSSR count). The number of methoxy groups -OCH3 is 1. The van der Waals surface area contributed by atoms with Gasteiger partial charge in [0.2, 0.25) is 0 Å². The molecule has 0 atom stereocenters. The summed E-state index contributed by atoms with van der Waals surface area (Å²) in [5.74, 6) is 0.992. The first-order valence-corrected chi connectivity index (χ1v) is 7.16. The molecule has 0 bridgehead atoms. The van der Waals surface area contributed by atoms with Crippen LogP contribution >= 0.6 is 27.7 Å². The molecule has 0 unspecified atom stereocenters. The first-order valence-electron chi connectivity index (χ1n) is 5.38. The smallest absolute Gasteiger partial charge is 0.0556 e. The van der Waals surface area contributed by atoms with Gasteiger partial charge >= 0.3 is 0 Å². The second-order valence-electron chi connectivity index (χ2n) is 3.37. The molecule has 0 aliphatic carbocycles. The number of hydrogen-bond donors (Lipinski definition) is 1. The standard InChI is InChI=1S/C12H18BrNOS/c1-3-14-9-10-4-5-11(13)8-12(10)16-7-6-15-2/h4-5,8,14H,3,6-7,9H2,1-2H3. The Balaban J connectivity index is 2.65. The Morgan fingerprint density at radius 1 is 1.44 bits per heavy atom. The Labute approximate surface area is 110 Å². The Kier molecular flexibility index (Phi) is 7.12. The minimum atomic E-state index is 0.790. The molecule has 0 aromatic heterocycles. The highest BCUT2D eigenvalue weighted by molar-refractivity contribution is 9.10. The zero-order valence-corrected chi connectivity index (χ0v) is 12.2. The average Bonchev–Trinajstić information content (AvgIpc) is 2.28. The van der Waals surface area contributed by atoms with Crippen molar-refractivity contribution in [2.45, 2.75) is 18.4 Å². The topological polar surface area (TPSA) is 21.3 Å². The first kappa shape index (κ1) is 14.0. The molecule has 0 aliphatic rings. The second-order valence-corrected chi connectivity index (χ2v) is 5.43. The molecule has 0 spiro atoms. The van der Waals surface area contributed by atoms with Crippen molar-refractivity contribution >= 4 is 27.7 Å². The fraction of sp³-hybridized carbons (Fsp3) is 0.500. The van der Waals surface area contributed by atoms with Crippen LogP contribution in [0.5, 0.6) is 0 Å². The Bertz CT molecular complexity index is 320. The van der Waals surface area contributed by atoms with Gasteiger partial charge in [-0.2, -0.15) is 0 Å². The lowest BCUT2D eigenvalue weighted by molar-refractivity contribution is 0.218. The van der Waals surface area contributed by atoms with Crippen LogP contribution in [-0.4, -0.2) is 26.0 Å². The van der Waals surface area contributed by atoms with Crippen molar-refractivity contribution in [2.75, 3.05) is 26.0 Å². The van der Waals surface area contributed by atoms with Gasteiger partial charge in [-0.3, -0.25) is 0 Å². The van der Waals surface area contributed by atoms with Gasteiger partial charge in [0, 0.05) is 28.8 Å². The number of ether oxygens (including phenoxy) is 1. The summed E-state index contributed by atoms with van der Waals surface area (Å²) in [5, 5.41) is 3.35. The zero-order valence-electron chi connectivity index (χ0n) is 9.75. The summed E-state index contributed by atoms with van der Waals surface area (Å²) in [6.07, 6.45) is 0. The van der Waals surface area contributed by atoms with Crippen molar-refractivity contribution in [1.29, 1.82) is 0 Å². The molecule has 0 heterocycles. The fourth-order valence-electron chi connectivity index (χ4n) is 1.30. The monoisotopic (exact) mass is 303 g/mol. The molecule has 1 N–H and O–H groups in total. The van der Waals surface area contributed by atoms with Gasteiger partial charge in [0.05, 0.1) is 6.61 Å². The quantitative estimate of drug-likeness (QED) is 0.617. The molecule has 0 aliphatic heterocycles. The van der Waals surface area contributed by atoms with Crippen LogP contribution in [-0.2, 0) is 11.3 Å². The van der Waals surface area contributed by atoms with Crippen LogP contribution in [0.15, 0.2) is 27.6 Å². The van der Waals surface area contributed by atoms with E-state index in [0.717, 1.165) is 29.9 Å². The van der Waals surface area contributed by atoms with Crippen molar-refractivity contribution in [1.82, 2.24) is 5.32 Å². The van der Waals surface area contributed by atoms with Crippen LogP contribution < -0.4 is 5.32 Å². The zero-order chi connectivity index (χ0) is 11.8. The van der Waals surface area contributed by atoms with Crippen molar-refractivity contribution in [3.63, 3.8) is 0 Å². The molecule has 0 radical (unpaired) electrons. The van der Waals surface area contributed by atoms with E-state index in [2.05, 4.69) is 46.4 Å². The van der Waals surface area contributed by atoms with Crippen molar-refractivity contribution in [2.24, 2.45) is 0 Å². The summed E-state index contributed by atoms with van der Waals surface area (Å²) < 4.78 is 6.20. The summed E-state index contributed by atoms with van der Waals surface area (Å²) >= 11 is 5.35. The molecule has 16 heavy (non-hydrogen) atoms. The third kappa shape index (κ3) is 4.87. The van der Waals surface area contributed by atoms with E-state index in [1.807, 2.05) is 11.8 Å². The molecule has 1 aromatic rings. The van der Waals surface area contributed by atoms with Crippen LogP contribution in [0.2, 0.25) is 0 Å². The summed E-state index contributed by atoms with van der Waals surface area (Å²) in [4.78, 5) is 1.33. The van der Waals surface area contributed by atoms with Crippen LogP contribution in [0.3, 0.4) is 0 Å². The number of thioether (sulfide) groups is 1. The maximum atomic E-state index is 5.07. The van der Waals surface area contributed by atoms with E-state index < -0.39 is 0 Å². The first-order chi connectivity index (χ1) is 7.77.